The lowest BCUT2D eigenvalue weighted by molar-refractivity contribution is -0.205. The number of ether oxygens (including phenoxy) is 16. The molecule has 18 atom stereocenters. The number of hydrogen-bond donors (Lipinski definition) is 1. The van der Waals surface area contributed by atoms with Gasteiger partial charge in [-0.1, -0.05) is 193 Å². The van der Waals surface area contributed by atoms with Crippen molar-refractivity contribution in [3.63, 3.8) is 0 Å². The molecule has 8 fully saturated rings. The minimum absolute atomic E-state index is 0.0577. The first-order valence-corrected chi connectivity index (χ1v) is 35.4. The summed E-state index contributed by atoms with van der Waals surface area (Å²) in [5, 5.41) is 9.49. The molecule has 8 radical (unpaired) electrons. The van der Waals surface area contributed by atoms with E-state index in [1.54, 1.807) is 0 Å². The van der Waals surface area contributed by atoms with Crippen LogP contribution in [0.25, 0.3) is 0 Å². The minimum Gasteiger partial charge on any atom is -0.458 e. The smallest absolute Gasteiger partial charge is 0.305 e. The van der Waals surface area contributed by atoms with Gasteiger partial charge in [0.05, 0.1) is 71.1 Å². The lowest BCUT2D eigenvalue weighted by Gasteiger charge is -2.33. The highest BCUT2D eigenvalue weighted by Crippen LogP contribution is 2.47. The summed E-state index contributed by atoms with van der Waals surface area (Å²) in [7, 11) is 23.7. The molecule has 20 nitrogen and oxygen atoms in total. The number of carbonyl (C=O) groups excluding carboxylic acids is 3. The Hall–Kier alpha value is -5.79. The van der Waals surface area contributed by atoms with E-state index in [0.29, 0.717) is 65.7 Å². The Morgan fingerprint density at radius 3 is 0.941 bits per heavy atom. The quantitative estimate of drug-likeness (QED) is 0.0327. The largest absolute Gasteiger partial charge is 0.458 e. The van der Waals surface area contributed by atoms with Gasteiger partial charge in [0, 0.05) is 38.8 Å². The van der Waals surface area contributed by atoms with Crippen LogP contribution in [0.3, 0.4) is 0 Å². The molecule has 6 unspecified atom stereocenters. The molecule has 8 heterocycles. The fourth-order valence-corrected chi connectivity index (χ4v) is 14.4. The van der Waals surface area contributed by atoms with Crippen LogP contribution in [0.5, 0.6) is 0 Å². The van der Waals surface area contributed by atoms with E-state index in [1.807, 2.05) is 155 Å². The Morgan fingerprint density at radius 2 is 0.644 bits per heavy atom. The lowest BCUT2D eigenvalue weighted by atomic mass is 9.86. The maximum Gasteiger partial charge on any atom is 0.305 e. The molecule has 5 aromatic carbocycles. The summed E-state index contributed by atoms with van der Waals surface area (Å²) in [6.45, 7) is 19.9. The highest BCUT2D eigenvalue weighted by atomic mass is 16.8. The van der Waals surface area contributed by atoms with Crippen molar-refractivity contribution >= 4 is 49.3 Å². The Kier molecular flexibility index (Phi) is 28.9. The van der Waals surface area contributed by atoms with Crippen LogP contribution in [-0.4, -0.2) is 200 Å². The monoisotopic (exact) mass is 1390 g/mol. The van der Waals surface area contributed by atoms with Crippen molar-refractivity contribution in [1.82, 2.24) is 0 Å². The van der Waals surface area contributed by atoms with E-state index in [0.717, 1.165) is 53.5 Å². The van der Waals surface area contributed by atoms with Crippen LogP contribution in [-0.2, 0) is 123 Å². The molecular formula is C77H98B4O20. The van der Waals surface area contributed by atoms with Crippen LogP contribution in [0.15, 0.2) is 152 Å². The Morgan fingerprint density at radius 1 is 0.366 bits per heavy atom. The van der Waals surface area contributed by atoms with Crippen LogP contribution in [0, 0.1) is 0 Å². The lowest BCUT2D eigenvalue weighted by Crippen LogP contribution is -2.45. The first kappa shape index (κ1) is 79.3. The summed E-state index contributed by atoms with van der Waals surface area (Å²) in [5.74, 6) is -1.34. The van der Waals surface area contributed by atoms with Gasteiger partial charge in [0.1, 0.15) is 109 Å². The Bertz CT molecular complexity index is 3120. The van der Waals surface area contributed by atoms with Gasteiger partial charge in [-0.15, -0.1) is 0 Å². The highest BCUT2D eigenvalue weighted by Gasteiger charge is 2.63. The molecule has 6 bridgehead atoms. The zero-order chi connectivity index (χ0) is 72.4. The van der Waals surface area contributed by atoms with Crippen molar-refractivity contribution in [2.75, 3.05) is 26.4 Å². The maximum atomic E-state index is 11.6. The summed E-state index contributed by atoms with van der Waals surface area (Å²) < 4.78 is 92.2. The number of esters is 3. The molecule has 8 aliphatic rings. The molecule has 0 spiro atoms. The number of hydrogen-bond acceptors (Lipinski definition) is 20. The van der Waals surface area contributed by atoms with Crippen molar-refractivity contribution in [3.05, 3.63) is 179 Å². The molecule has 8 aliphatic heterocycles. The van der Waals surface area contributed by atoms with Crippen molar-refractivity contribution in [3.8, 4) is 0 Å². The van der Waals surface area contributed by atoms with Gasteiger partial charge in [-0.25, -0.2) is 0 Å². The number of aliphatic hydroxyl groups is 1. The second-order valence-corrected chi connectivity index (χ2v) is 26.6. The number of carbonyl (C=O) groups is 3. The van der Waals surface area contributed by atoms with Crippen molar-refractivity contribution in [2.45, 2.75) is 253 Å². The average molecular weight is 1390 g/mol. The molecule has 0 amide bonds. The summed E-state index contributed by atoms with van der Waals surface area (Å²) >= 11 is 0. The van der Waals surface area contributed by atoms with Gasteiger partial charge < -0.3 is 80.9 Å². The maximum absolute atomic E-state index is 11.6. The van der Waals surface area contributed by atoms with Crippen LogP contribution in [0.2, 0.25) is 0 Å². The van der Waals surface area contributed by atoms with Crippen molar-refractivity contribution in [1.29, 1.82) is 0 Å². The van der Waals surface area contributed by atoms with Crippen LogP contribution < -0.4 is 0 Å². The van der Waals surface area contributed by atoms with Crippen LogP contribution >= 0.6 is 0 Å². The van der Waals surface area contributed by atoms with Gasteiger partial charge in [-0.2, -0.15) is 0 Å². The SMILES string of the molecule is CCC1(CC)OC(OC(C)=O)C(OC(C)=O)[C@H]1OCc1ccccc1.[B][C@@H]1OC(CC)(CC)[C@H](OCc2ccccc2)C1OC(C)=O.[B][C@@H]1O[C@@]2(CC)COC1[C@H]2OCc1ccccc1.[B][C@@H]1O[C@@]2(CC)COC1[C@H]2OCc1ccccc1.[B][C@@H]1O[C@@]2(CO)COC1[C@H]2OCc1ccccc1. The van der Waals surface area contributed by atoms with Crippen LogP contribution in [0.1, 0.15) is 129 Å². The zero-order valence-corrected chi connectivity index (χ0v) is 59.7. The summed E-state index contributed by atoms with van der Waals surface area (Å²) in [5.41, 5.74) is 2.75. The number of aliphatic hydroxyl groups excluding tert-OH is 1. The van der Waals surface area contributed by atoms with Crippen LogP contribution in [0.4, 0.5) is 0 Å². The van der Waals surface area contributed by atoms with Gasteiger partial charge in [0.25, 0.3) is 0 Å². The zero-order valence-electron chi connectivity index (χ0n) is 59.7. The number of benzene rings is 5. The average Bonchev–Trinajstić information content (AvgIpc) is 1.61. The molecule has 0 aliphatic carbocycles. The van der Waals surface area contributed by atoms with E-state index in [1.165, 1.54) is 20.8 Å². The molecule has 1 N–H and O–H groups in total. The van der Waals surface area contributed by atoms with Gasteiger partial charge in [0.15, 0.2) is 6.10 Å². The Balaban J connectivity index is 0.000000148. The third kappa shape index (κ3) is 19.0. The second kappa shape index (κ2) is 36.8. The van der Waals surface area contributed by atoms with Gasteiger partial charge in [-0.3, -0.25) is 14.4 Å². The molecule has 538 valence electrons. The standard InChI is InChI=1S/C19H26O6.C17H23BO4.2C14H17BO3.C13H15BO4/c1-5-19(6-2)17(22-12-15-10-8-7-9-11-15)16(23-13(3)20)18(25-19)24-14(4)21;1-4-17(5-2)15(14(16(18)22-17)21-12(3)19)20-11-13-9-7-6-8-10-13;2*1-2-14-9-17-11(13(15)18-14)12(14)16-8-10-6-4-3-5-7-10;14-12-10-11(13(7-15,18-12)8-17-10)16-6-9-4-2-1-3-5-9/h7-11,16-18H,5-6,12H2,1-4H3;6-10,14-16H,4-5,11H2,1-3H3;2*3-7,11-13H,2,8-9H2,1H3;1-5,10-12,15H,6-8H2/t16?,17-,18?;14?,15-,16-;2*11?,12-,13-,14+;10?,11-,12-,13+/m11111/s1. The topological polar surface area (TPSA) is 219 Å². The second-order valence-electron chi connectivity index (χ2n) is 26.6. The third-order valence-corrected chi connectivity index (χ3v) is 20.1. The van der Waals surface area contributed by atoms with Crippen molar-refractivity contribution < 1.29 is 95.3 Å². The first-order valence-electron chi connectivity index (χ1n) is 35.4. The molecule has 5 aromatic rings. The summed E-state index contributed by atoms with van der Waals surface area (Å²) in [6.07, 6.45) is 0.245. The summed E-state index contributed by atoms with van der Waals surface area (Å²) in [6, 6.07) is 47.8. The number of fused-ring (bicyclic) bond motifs is 6. The molecule has 24 heteroatoms. The molecule has 101 heavy (non-hydrogen) atoms. The first-order chi connectivity index (χ1) is 48.7. The predicted octanol–water partition coefficient (Wildman–Crippen LogP) is 9.08. The van der Waals surface area contributed by atoms with Gasteiger partial charge in [-0.05, 0) is 66.3 Å². The molecular weight excluding hydrogens is 1290 g/mol. The highest BCUT2D eigenvalue weighted by molar-refractivity contribution is 6.12. The molecule has 0 aromatic heterocycles. The molecule has 13 rings (SSSR count). The van der Waals surface area contributed by atoms with E-state index in [-0.39, 0.29) is 78.5 Å². The fourth-order valence-electron chi connectivity index (χ4n) is 14.4. The third-order valence-electron chi connectivity index (χ3n) is 20.1. The van der Waals surface area contributed by atoms with Gasteiger partial charge in [0.2, 0.25) is 6.29 Å². The fraction of sp³-hybridized carbons (Fsp3) is 0.571. The van der Waals surface area contributed by atoms with E-state index < -0.39 is 65.4 Å². The number of rotatable bonds is 25. The molecule has 8 saturated heterocycles. The normalized spacial score (nSPS) is 32.4. The Labute approximate surface area is 600 Å². The van der Waals surface area contributed by atoms with E-state index in [9.17, 15) is 19.5 Å². The predicted molar refractivity (Wildman–Crippen MR) is 377 cm³/mol. The van der Waals surface area contributed by atoms with Crippen molar-refractivity contribution in [2.24, 2.45) is 0 Å². The minimum atomic E-state index is -0.970. The van der Waals surface area contributed by atoms with E-state index in [2.05, 4.69) is 38.1 Å². The van der Waals surface area contributed by atoms with E-state index >= 15 is 0 Å². The van der Waals surface area contributed by atoms with E-state index in [4.69, 9.17) is 107 Å². The summed E-state index contributed by atoms with van der Waals surface area (Å²) in [4.78, 5) is 34.3. The van der Waals surface area contributed by atoms with Gasteiger partial charge >= 0.3 is 17.9 Å². The molecule has 0 saturated carbocycles.